The summed E-state index contributed by atoms with van der Waals surface area (Å²) in [4.78, 5) is 26.9. The predicted molar refractivity (Wildman–Crippen MR) is 70.9 cm³/mol. The van der Waals surface area contributed by atoms with Crippen LogP contribution in [0.4, 0.5) is 0 Å². The molecule has 1 aromatic rings. The maximum Gasteiger partial charge on any atom is 0.256 e. The molecule has 1 amide bonds. The van der Waals surface area contributed by atoms with Crippen molar-refractivity contribution < 1.29 is 4.79 Å². The molecule has 100 valence electrons. The molecule has 1 heterocycles. The van der Waals surface area contributed by atoms with Crippen LogP contribution in [0.3, 0.4) is 0 Å². The van der Waals surface area contributed by atoms with E-state index in [1.165, 1.54) is 31.5 Å². The van der Waals surface area contributed by atoms with Gasteiger partial charge in [-0.25, -0.2) is 0 Å². The molecule has 2 N–H and O–H groups in total. The van der Waals surface area contributed by atoms with Gasteiger partial charge in [0.05, 0.1) is 0 Å². The van der Waals surface area contributed by atoms with Crippen LogP contribution in [0.1, 0.15) is 35.3 Å². The van der Waals surface area contributed by atoms with Crippen LogP contribution in [0.2, 0.25) is 0 Å². The maximum atomic E-state index is 12.2. The number of carbonyl (C=O) groups is 1. The van der Waals surface area contributed by atoms with Crippen LogP contribution in [-0.2, 0) is 0 Å². The first kappa shape index (κ1) is 11.3. The van der Waals surface area contributed by atoms with Crippen LogP contribution in [0.5, 0.6) is 0 Å². The first-order valence-corrected chi connectivity index (χ1v) is 7.15. The van der Waals surface area contributed by atoms with Gasteiger partial charge in [0, 0.05) is 24.0 Å². The Balaban J connectivity index is 1.50. The highest BCUT2D eigenvalue weighted by molar-refractivity contribution is 5.94. The Bertz CT molecular complexity index is 590. The Morgan fingerprint density at radius 3 is 2.63 bits per heavy atom. The summed E-state index contributed by atoms with van der Waals surface area (Å²) in [5.41, 5.74) is 0.827. The lowest BCUT2D eigenvalue weighted by atomic mass is 10.0. The fourth-order valence-corrected chi connectivity index (χ4v) is 4.50. The number of aromatic nitrogens is 1. The molecule has 3 aliphatic carbocycles. The highest BCUT2D eigenvalue weighted by Crippen LogP contribution is 2.65. The van der Waals surface area contributed by atoms with E-state index in [-0.39, 0.29) is 16.9 Å². The Morgan fingerprint density at radius 2 is 2.00 bits per heavy atom. The SMILES string of the molecule is Cc1cc(=O)c(C(=O)NC2C3C4CCC(C4)C23)c[nH]1. The van der Waals surface area contributed by atoms with Crippen LogP contribution in [0.25, 0.3) is 0 Å². The number of carbonyl (C=O) groups excluding carboxylic acids is 1. The first-order chi connectivity index (χ1) is 9.15. The summed E-state index contributed by atoms with van der Waals surface area (Å²) >= 11 is 0. The molecule has 0 aromatic carbocycles. The van der Waals surface area contributed by atoms with Crippen LogP contribution < -0.4 is 10.7 Å². The minimum atomic E-state index is -0.208. The second-order valence-corrected chi connectivity index (χ2v) is 6.38. The summed E-state index contributed by atoms with van der Waals surface area (Å²) in [6, 6.07) is 1.81. The molecule has 0 saturated heterocycles. The van der Waals surface area contributed by atoms with Gasteiger partial charge in [-0.1, -0.05) is 0 Å². The monoisotopic (exact) mass is 258 g/mol. The summed E-state index contributed by atoms with van der Waals surface area (Å²) in [7, 11) is 0. The number of rotatable bonds is 2. The Labute approximate surface area is 111 Å². The first-order valence-electron chi connectivity index (χ1n) is 7.15. The summed E-state index contributed by atoms with van der Waals surface area (Å²) in [5, 5.41) is 3.07. The van der Waals surface area contributed by atoms with E-state index in [4.69, 9.17) is 0 Å². The topological polar surface area (TPSA) is 62.0 Å². The third-order valence-electron chi connectivity index (χ3n) is 5.33. The van der Waals surface area contributed by atoms with Crippen molar-refractivity contribution in [3.8, 4) is 0 Å². The Morgan fingerprint density at radius 1 is 1.32 bits per heavy atom. The molecule has 2 bridgehead atoms. The minimum absolute atomic E-state index is 0.192. The maximum absolute atomic E-state index is 12.2. The molecule has 4 heteroatoms. The summed E-state index contributed by atoms with van der Waals surface area (Å²) in [6.07, 6.45) is 5.57. The molecule has 1 aromatic heterocycles. The fourth-order valence-electron chi connectivity index (χ4n) is 4.50. The van der Waals surface area contributed by atoms with E-state index < -0.39 is 0 Å². The van der Waals surface area contributed by atoms with E-state index in [0.29, 0.717) is 17.9 Å². The Kier molecular flexibility index (Phi) is 2.20. The quantitative estimate of drug-likeness (QED) is 0.843. The number of amides is 1. The van der Waals surface area contributed by atoms with Crippen molar-refractivity contribution in [3.63, 3.8) is 0 Å². The van der Waals surface area contributed by atoms with Crippen molar-refractivity contribution in [2.75, 3.05) is 0 Å². The molecule has 4 unspecified atom stereocenters. The highest BCUT2D eigenvalue weighted by atomic mass is 16.2. The third-order valence-corrected chi connectivity index (χ3v) is 5.33. The zero-order chi connectivity index (χ0) is 13.1. The number of pyridine rings is 1. The van der Waals surface area contributed by atoms with Gasteiger partial charge in [0.2, 0.25) is 0 Å². The molecule has 0 aliphatic heterocycles. The standard InChI is InChI=1S/C15H18N2O2/c1-7-4-11(18)10(6-16-7)15(19)17-14-12-8-2-3-9(5-8)13(12)14/h4,6,8-9,12-14H,2-3,5H2,1H3,(H,16,18)(H,17,19). The number of aromatic amines is 1. The number of H-pyrrole nitrogens is 1. The average molecular weight is 258 g/mol. The number of hydrogen-bond donors (Lipinski definition) is 2. The second-order valence-electron chi connectivity index (χ2n) is 6.38. The lowest BCUT2D eigenvalue weighted by Crippen LogP contribution is -2.33. The molecule has 4 atom stereocenters. The molecule has 19 heavy (non-hydrogen) atoms. The number of nitrogens with one attached hydrogen (secondary N) is 2. The van der Waals surface area contributed by atoms with E-state index in [1.54, 1.807) is 0 Å². The van der Waals surface area contributed by atoms with Gasteiger partial charge in [0.1, 0.15) is 5.56 Å². The van der Waals surface area contributed by atoms with Gasteiger partial charge in [-0.2, -0.15) is 0 Å². The van der Waals surface area contributed by atoms with Crippen molar-refractivity contribution in [3.05, 3.63) is 33.7 Å². The zero-order valence-electron chi connectivity index (χ0n) is 11.0. The minimum Gasteiger partial charge on any atom is -0.364 e. The lowest BCUT2D eigenvalue weighted by molar-refractivity contribution is 0.0943. The molecule has 3 fully saturated rings. The smallest absolute Gasteiger partial charge is 0.256 e. The van der Waals surface area contributed by atoms with Gasteiger partial charge in [-0.15, -0.1) is 0 Å². The number of aryl methyl sites for hydroxylation is 1. The molecule has 0 radical (unpaired) electrons. The molecule has 3 aliphatic rings. The second kappa shape index (κ2) is 3.71. The molecule has 4 rings (SSSR count). The van der Waals surface area contributed by atoms with Gasteiger partial charge in [-0.3, -0.25) is 9.59 Å². The summed E-state index contributed by atoms with van der Waals surface area (Å²) in [6.45, 7) is 1.81. The van der Waals surface area contributed by atoms with E-state index >= 15 is 0 Å². The summed E-state index contributed by atoms with van der Waals surface area (Å²) in [5.74, 6) is 2.85. The number of fused-ring (bicyclic) bond motifs is 5. The molecule has 4 nitrogen and oxygen atoms in total. The zero-order valence-corrected chi connectivity index (χ0v) is 11.0. The molecule has 0 spiro atoms. The third kappa shape index (κ3) is 1.58. The van der Waals surface area contributed by atoms with Crippen molar-refractivity contribution in [2.24, 2.45) is 23.7 Å². The van der Waals surface area contributed by atoms with E-state index in [1.807, 2.05) is 6.92 Å². The largest absolute Gasteiger partial charge is 0.364 e. The summed E-state index contributed by atoms with van der Waals surface area (Å²) < 4.78 is 0. The molecular weight excluding hydrogens is 240 g/mol. The normalized spacial score (nSPS) is 38.1. The highest BCUT2D eigenvalue weighted by Gasteiger charge is 2.65. The van der Waals surface area contributed by atoms with Gasteiger partial charge in [0.25, 0.3) is 5.91 Å². The van der Waals surface area contributed by atoms with Crippen LogP contribution >= 0.6 is 0 Å². The average Bonchev–Trinajstić information content (AvgIpc) is 2.78. The van der Waals surface area contributed by atoms with Gasteiger partial charge in [0.15, 0.2) is 5.43 Å². The van der Waals surface area contributed by atoms with Gasteiger partial charge < -0.3 is 10.3 Å². The van der Waals surface area contributed by atoms with Crippen molar-refractivity contribution in [1.29, 1.82) is 0 Å². The van der Waals surface area contributed by atoms with Gasteiger partial charge >= 0.3 is 0 Å². The van der Waals surface area contributed by atoms with E-state index in [0.717, 1.165) is 17.5 Å². The van der Waals surface area contributed by atoms with Crippen LogP contribution in [0.15, 0.2) is 17.1 Å². The van der Waals surface area contributed by atoms with E-state index in [2.05, 4.69) is 10.3 Å². The predicted octanol–water partition coefficient (Wildman–Crippen LogP) is 1.46. The van der Waals surface area contributed by atoms with Gasteiger partial charge in [-0.05, 0) is 49.9 Å². The molecule has 3 saturated carbocycles. The Hall–Kier alpha value is -1.58. The lowest BCUT2D eigenvalue weighted by Gasteiger charge is -2.10. The fraction of sp³-hybridized carbons (Fsp3) is 0.600. The van der Waals surface area contributed by atoms with Crippen molar-refractivity contribution >= 4 is 5.91 Å². The van der Waals surface area contributed by atoms with E-state index in [9.17, 15) is 9.59 Å². The molecular formula is C15H18N2O2. The van der Waals surface area contributed by atoms with Crippen LogP contribution in [0, 0.1) is 30.6 Å². The number of hydrogen-bond acceptors (Lipinski definition) is 2. The van der Waals surface area contributed by atoms with Crippen LogP contribution in [-0.4, -0.2) is 16.9 Å². The van der Waals surface area contributed by atoms with Crippen molar-refractivity contribution in [1.82, 2.24) is 10.3 Å². The van der Waals surface area contributed by atoms with Crippen molar-refractivity contribution in [2.45, 2.75) is 32.2 Å².